The molecule has 5 nitrogen and oxygen atoms in total. The maximum atomic E-state index is 11.6. The second-order valence-electron chi connectivity index (χ2n) is 3.43. The van der Waals surface area contributed by atoms with Crippen molar-refractivity contribution in [2.75, 3.05) is 19.4 Å². The van der Waals surface area contributed by atoms with Crippen LogP contribution in [-0.4, -0.2) is 40.9 Å². The normalized spacial score (nSPS) is 12.1. The summed E-state index contributed by atoms with van der Waals surface area (Å²) < 4.78 is 0. The fraction of sp³-hybridized carbons (Fsp3) is 0.444. The molecule has 1 amide bonds. The second-order valence-corrected chi connectivity index (χ2v) is 4.18. The van der Waals surface area contributed by atoms with Gasteiger partial charge in [-0.1, -0.05) is 11.6 Å². The topological polar surface area (TPSA) is 58.1 Å². The maximum absolute atomic E-state index is 11.6. The summed E-state index contributed by atoms with van der Waals surface area (Å²) in [5, 5.41) is 3.28. The van der Waals surface area contributed by atoms with E-state index in [1.54, 1.807) is 21.0 Å². The van der Waals surface area contributed by atoms with E-state index in [-0.39, 0.29) is 11.2 Å². The number of hydrogen-bond donors (Lipinski definition) is 1. The third kappa shape index (κ3) is 3.21. The molecule has 0 aliphatic heterocycles. The predicted octanol–water partition coefficient (Wildman–Crippen LogP) is 1.67. The van der Waals surface area contributed by atoms with Crippen LogP contribution in [0.25, 0.3) is 0 Å². The van der Waals surface area contributed by atoms with Gasteiger partial charge in [-0.15, -0.1) is 0 Å². The Morgan fingerprint density at radius 3 is 2.69 bits per heavy atom. The minimum absolute atomic E-state index is 0.0780. The van der Waals surface area contributed by atoms with Crippen LogP contribution in [-0.2, 0) is 4.79 Å². The smallest absolute Gasteiger partial charge is 0.244 e. The Bertz CT molecular complexity index is 397. The van der Waals surface area contributed by atoms with Gasteiger partial charge in [-0.2, -0.15) is 4.98 Å². The van der Waals surface area contributed by atoms with Crippen molar-refractivity contribution in [3.05, 3.63) is 16.5 Å². The number of aromatic nitrogens is 2. The minimum atomic E-state index is -0.432. The molecule has 0 aliphatic rings. The summed E-state index contributed by atoms with van der Waals surface area (Å²) in [5.41, 5.74) is 0. The van der Waals surface area contributed by atoms with Crippen LogP contribution in [0.3, 0.4) is 0 Å². The fourth-order valence-electron chi connectivity index (χ4n) is 1.10. The number of rotatable bonds is 3. The summed E-state index contributed by atoms with van der Waals surface area (Å²) in [6.45, 7) is 1.72. The van der Waals surface area contributed by atoms with E-state index in [9.17, 15) is 4.79 Å². The molecule has 0 saturated carbocycles. The minimum Gasteiger partial charge on any atom is -0.357 e. The fourth-order valence-corrected chi connectivity index (χ4v) is 1.38. The molecule has 1 aromatic rings. The highest BCUT2D eigenvalue weighted by molar-refractivity contribution is 6.33. The van der Waals surface area contributed by atoms with Crippen molar-refractivity contribution in [3.8, 4) is 0 Å². The van der Waals surface area contributed by atoms with Crippen molar-refractivity contribution in [2.24, 2.45) is 0 Å². The van der Waals surface area contributed by atoms with E-state index in [4.69, 9.17) is 23.2 Å². The van der Waals surface area contributed by atoms with Crippen LogP contribution in [0.5, 0.6) is 0 Å². The van der Waals surface area contributed by atoms with Gasteiger partial charge in [0.25, 0.3) is 0 Å². The van der Waals surface area contributed by atoms with E-state index < -0.39 is 6.04 Å². The Morgan fingerprint density at radius 1 is 1.50 bits per heavy atom. The maximum Gasteiger partial charge on any atom is 0.244 e. The Labute approximate surface area is 104 Å². The molecule has 0 radical (unpaired) electrons. The lowest BCUT2D eigenvalue weighted by Crippen LogP contribution is -2.36. The molecule has 1 rings (SSSR count). The SMILES string of the molecule is CC(Nc1nc(Cl)ncc1Cl)C(=O)N(C)C. The van der Waals surface area contributed by atoms with Crippen LogP contribution >= 0.6 is 23.2 Å². The average molecular weight is 263 g/mol. The third-order valence-electron chi connectivity index (χ3n) is 1.88. The molecule has 0 fully saturated rings. The monoisotopic (exact) mass is 262 g/mol. The largest absolute Gasteiger partial charge is 0.357 e. The lowest BCUT2D eigenvalue weighted by molar-refractivity contribution is -0.129. The average Bonchev–Trinajstić information content (AvgIpc) is 2.22. The number of nitrogens with one attached hydrogen (secondary N) is 1. The summed E-state index contributed by atoms with van der Waals surface area (Å²) in [7, 11) is 3.35. The lowest BCUT2D eigenvalue weighted by atomic mass is 10.3. The molecule has 0 spiro atoms. The van der Waals surface area contributed by atoms with Crippen molar-refractivity contribution in [1.82, 2.24) is 14.9 Å². The summed E-state index contributed by atoms with van der Waals surface area (Å²) in [4.78, 5) is 20.7. The Hall–Kier alpha value is -1.07. The molecule has 1 N–H and O–H groups in total. The summed E-state index contributed by atoms with van der Waals surface area (Å²) >= 11 is 11.5. The van der Waals surface area contributed by atoms with Crippen molar-refractivity contribution in [3.63, 3.8) is 0 Å². The van der Waals surface area contributed by atoms with Crippen molar-refractivity contribution < 1.29 is 4.79 Å². The van der Waals surface area contributed by atoms with Gasteiger partial charge in [-0.3, -0.25) is 4.79 Å². The Morgan fingerprint density at radius 2 is 2.12 bits per heavy atom. The lowest BCUT2D eigenvalue weighted by Gasteiger charge is -2.18. The van der Waals surface area contributed by atoms with Gasteiger partial charge in [0.05, 0.1) is 6.20 Å². The highest BCUT2D eigenvalue weighted by Gasteiger charge is 2.16. The second kappa shape index (κ2) is 5.32. The third-order valence-corrected chi connectivity index (χ3v) is 2.34. The quantitative estimate of drug-likeness (QED) is 0.843. The zero-order valence-corrected chi connectivity index (χ0v) is 10.7. The van der Waals surface area contributed by atoms with Gasteiger partial charge in [0.15, 0.2) is 5.82 Å². The highest BCUT2D eigenvalue weighted by atomic mass is 35.5. The first-order chi connectivity index (χ1) is 7.41. The van der Waals surface area contributed by atoms with Crippen LogP contribution in [0.1, 0.15) is 6.92 Å². The van der Waals surface area contributed by atoms with Crippen molar-refractivity contribution in [1.29, 1.82) is 0 Å². The Balaban J connectivity index is 2.80. The number of hydrogen-bond acceptors (Lipinski definition) is 4. The van der Waals surface area contributed by atoms with E-state index in [1.807, 2.05) is 0 Å². The van der Waals surface area contributed by atoms with E-state index in [2.05, 4.69) is 15.3 Å². The molecule has 0 bridgehead atoms. The summed E-state index contributed by atoms with van der Waals surface area (Å²) in [6, 6.07) is -0.432. The number of halogens is 2. The van der Waals surface area contributed by atoms with Gasteiger partial charge < -0.3 is 10.2 Å². The molecule has 1 heterocycles. The van der Waals surface area contributed by atoms with Crippen LogP contribution in [0, 0.1) is 0 Å². The van der Waals surface area contributed by atoms with Crippen LogP contribution in [0.15, 0.2) is 6.20 Å². The molecule has 1 unspecified atom stereocenters. The first-order valence-electron chi connectivity index (χ1n) is 4.57. The molecule has 7 heteroatoms. The number of amides is 1. The molecule has 1 aromatic heterocycles. The van der Waals surface area contributed by atoms with Gasteiger partial charge in [0.1, 0.15) is 11.1 Å². The van der Waals surface area contributed by atoms with E-state index >= 15 is 0 Å². The number of nitrogens with zero attached hydrogens (tertiary/aromatic N) is 3. The van der Waals surface area contributed by atoms with Gasteiger partial charge in [-0.05, 0) is 18.5 Å². The first kappa shape index (κ1) is 13.0. The van der Waals surface area contributed by atoms with E-state index in [1.165, 1.54) is 11.1 Å². The van der Waals surface area contributed by atoms with Gasteiger partial charge in [-0.25, -0.2) is 4.98 Å². The van der Waals surface area contributed by atoms with E-state index in [0.29, 0.717) is 10.8 Å². The molecular formula is C9H12Cl2N4O. The van der Waals surface area contributed by atoms with Gasteiger partial charge in [0, 0.05) is 14.1 Å². The summed E-state index contributed by atoms with van der Waals surface area (Å²) in [5.74, 6) is 0.273. The van der Waals surface area contributed by atoms with Crippen molar-refractivity contribution in [2.45, 2.75) is 13.0 Å². The molecule has 0 saturated heterocycles. The number of likely N-dealkylation sites (N-methyl/N-ethyl adjacent to an activating group) is 1. The van der Waals surface area contributed by atoms with Crippen molar-refractivity contribution >= 4 is 34.9 Å². The molecule has 88 valence electrons. The Kier molecular flexibility index (Phi) is 4.32. The summed E-state index contributed by atoms with van der Waals surface area (Å²) in [6.07, 6.45) is 1.38. The molecule has 0 aliphatic carbocycles. The van der Waals surface area contributed by atoms with Gasteiger partial charge in [0.2, 0.25) is 11.2 Å². The van der Waals surface area contributed by atoms with Crippen LogP contribution in [0.4, 0.5) is 5.82 Å². The zero-order valence-electron chi connectivity index (χ0n) is 9.16. The van der Waals surface area contributed by atoms with Crippen LogP contribution in [0.2, 0.25) is 10.3 Å². The predicted molar refractivity (Wildman–Crippen MR) is 63.8 cm³/mol. The van der Waals surface area contributed by atoms with Gasteiger partial charge >= 0.3 is 0 Å². The standard InChI is InChI=1S/C9H12Cl2N4O/c1-5(8(16)15(2)3)13-7-6(10)4-12-9(11)14-7/h4-5H,1-3H3,(H,12,13,14). The molecule has 16 heavy (non-hydrogen) atoms. The van der Waals surface area contributed by atoms with Crippen LogP contribution < -0.4 is 5.32 Å². The molecular weight excluding hydrogens is 251 g/mol. The molecule has 1 atom stereocenters. The zero-order chi connectivity index (χ0) is 12.3. The highest BCUT2D eigenvalue weighted by Crippen LogP contribution is 2.20. The molecule has 0 aromatic carbocycles. The number of anilines is 1. The first-order valence-corrected chi connectivity index (χ1v) is 5.33. The van der Waals surface area contributed by atoms with E-state index in [0.717, 1.165) is 0 Å². The number of carbonyl (C=O) groups excluding carboxylic acids is 1. The number of carbonyl (C=O) groups is 1.